The minimum Gasteiger partial charge on any atom is -0.391 e. The summed E-state index contributed by atoms with van der Waals surface area (Å²) in [5.74, 6) is 0. The van der Waals surface area contributed by atoms with Crippen LogP contribution in [0, 0.1) is 0 Å². The minimum atomic E-state index is -3.41. The lowest BCUT2D eigenvalue weighted by atomic mass is 11.3. The average Bonchev–Trinajstić information content (AvgIpc) is 2.11. The molecule has 0 aliphatic carbocycles. The molecule has 0 aromatic heterocycles. The summed E-state index contributed by atoms with van der Waals surface area (Å²) in [4.78, 5) is 20.5. The zero-order valence-electron chi connectivity index (χ0n) is 11.1. The van der Waals surface area contributed by atoms with E-state index in [-0.39, 0.29) is 0 Å². The Bertz CT molecular complexity index is 307. The van der Waals surface area contributed by atoms with E-state index in [1.807, 2.05) is 0 Å². The van der Waals surface area contributed by atoms with Gasteiger partial charge in [0.2, 0.25) is 0 Å². The molecular weight excluding hydrogens is 304 g/mol. The van der Waals surface area contributed by atoms with Crippen molar-refractivity contribution in [3.05, 3.63) is 24.6 Å². The summed E-state index contributed by atoms with van der Waals surface area (Å²) >= 11 is 0. The molecule has 0 radical (unpaired) electrons. The standard InChI is InChI=1S/C8H20O6Si4/c1-7-15(3)11-17(5,9)13-16(4,8-2)14-18(6,10)12-15/h7-10H,1-2H2,3-6H3. The molecule has 0 aromatic carbocycles. The van der Waals surface area contributed by atoms with Crippen LogP contribution in [0.3, 0.4) is 0 Å². The third-order valence-corrected chi connectivity index (χ3v) is 16.3. The van der Waals surface area contributed by atoms with Crippen LogP contribution in [0.1, 0.15) is 0 Å². The maximum absolute atomic E-state index is 10.2. The second-order valence-electron chi connectivity index (χ2n) is 4.64. The molecule has 0 atom stereocenters. The lowest BCUT2D eigenvalue weighted by Crippen LogP contribution is -2.66. The maximum atomic E-state index is 10.2. The van der Waals surface area contributed by atoms with E-state index in [2.05, 4.69) is 13.2 Å². The van der Waals surface area contributed by atoms with E-state index in [9.17, 15) is 9.59 Å². The van der Waals surface area contributed by atoms with Crippen LogP contribution in [0.15, 0.2) is 24.6 Å². The van der Waals surface area contributed by atoms with E-state index in [0.717, 1.165) is 0 Å². The zero-order valence-corrected chi connectivity index (χ0v) is 15.1. The third kappa shape index (κ3) is 4.06. The third-order valence-electron chi connectivity index (χ3n) is 2.31. The molecule has 0 saturated carbocycles. The molecule has 0 aromatic rings. The lowest BCUT2D eigenvalue weighted by molar-refractivity contribution is 0.148. The van der Waals surface area contributed by atoms with E-state index in [1.165, 1.54) is 24.5 Å². The molecule has 2 N–H and O–H groups in total. The predicted octanol–water partition coefficient (Wildman–Crippen LogP) is 0.783. The van der Waals surface area contributed by atoms with Crippen molar-refractivity contribution in [2.24, 2.45) is 0 Å². The summed E-state index contributed by atoms with van der Waals surface area (Å²) in [6.07, 6.45) is 0. The van der Waals surface area contributed by atoms with E-state index in [1.54, 1.807) is 13.1 Å². The fourth-order valence-electron chi connectivity index (χ4n) is 1.75. The molecule has 1 rings (SSSR count). The van der Waals surface area contributed by atoms with Gasteiger partial charge in [-0.2, -0.15) is 0 Å². The van der Waals surface area contributed by atoms with Crippen LogP contribution >= 0.6 is 0 Å². The summed E-state index contributed by atoms with van der Waals surface area (Å²) < 4.78 is 22.4. The van der Waals surface area contributed by atoms with Crippen LogP contribution in [0.25, 0.3) is 0 Å². The van der Waals surface area contributed by atoms with Crippen LogP contribution in [0.2, 0.25) is 26.2 Å². The SMILES string of the molecule is C=C[Si]1(C)O[Si](C)(O)O[Si](C)(C=C)O[Si](C)(O)O1. The van der Waals surface area contributed by atoms with E-state index >= 15 is 0 Å². The highest BCUT2D eigenvalue weighted by atomic mass is 28.5. The van der Waals surface area contributed by atoms with Crippen molar-refractivity contribution < 1.29 is 26.1 Å². The quantitative estimate of drug-likeness (QED) is 0.731. The van der Waals surface area contributed by atoms with Gasteiger partial charge in [0.25, 0.3) is 0 Å². The Hall–Kier alpha value is 0.108. The van der Waals surface area contributed by atoms with Gasteiger partial charge in [-0.15, -0.1) is 13.2 Å². The van der Waals surface area contributed by atoms with E-state index < -0.39 is 34.7 Å². The summed E-state index contributed by atoms with van der Waals surface area (Å²) in [6.45, 7) is 13.6. The largest absolute Gasteiger partial charge is 0.477 e. The lowest BCUT2D eigenvalue weighted by Gasteiger charge is -2.43. The van der Waals surface area contributed by atoms with Gasteiger partial charge >= 0.3 is 34.7 Å². The van der Waals surface area contributed by atoms with Crippen molar-refractivity contribution in [2.75, 3.05) is 0 Å². The minimum absolute atomic E-state index is 1.49. The van der Waals surface area contributed by atoms with Crippen LogP contribution in [0.4, 0.5) is 0 Å². The fourth-order valence-corrected chi connectivity index (χ4v) is 17.3. The monoisotopic (exact) mass is 324 g/mol. The average molecular weight is 325 g/mol. The van der Waals surface area contributed by atoms with Crippen molar-refractivity contribution in [3.63, 3.8) is 0 Å². The smallest absolute Gasteiger partial charge is 0.391 e. The van der Waals surface area contributed by atoms with Gasteiger partial charge < -0.3 is 26.1 Å². The molecular formula is C8H20O6Si4. The Morgan fingerprint density at radius 1 is 0.722 bits per heavy atom. The van der Waals surface area contributed by atoms with Gasteiger partial charge in [0, 0.05) is 13.1 Å². The summed E-state index contributed by atoms with van der Waals surface area (Å²) in [6, 6.07) is 0. The molecule has 1 saturated heterocycles. The Morgan fingerprint density at radius 3 is 1.11 bits per heavy atom. The molecule has 104 valence electrons. The van der Waals surface area contributed by atoms with Crippen molar-refractivity contribution in [1.82, 2.24) is 0 Å². The van der Waals surface area contributed by atoms with E-state index in [0.29, 0.717) is 0 Å². The van der Waals surface area contributed by atoms with Crippen molar-refractivity contribution in [1.29, 1.82) is 0 Å². The number of rotatable bonds is 2. The number of hydrogen-bond acceptors (Lipinski definition) is 6. The second-order valence-corrected chi connectivity index (χ2v) is 16.4. The Balaban J connectivity index is 3.14. The molecule has 0 amide bonds. The van der Waals surface area contributed by atoms with Crippen molar-refractivity contribution >= 4 is 34.7 Å². The first-order valence-corrected chi connectivity index (χ1v) is 14.8. The first-order valence-electron chi connectivity index (χ1n) is 5.47. The van der Waals surface area contributed by atoms with Gasteiger partial charge in [-0.05, 0) is 13.1 Å². The molecule has 0 spiro atoms. The topological polar surface area (TPSA) is 77.4 Å². The fraction of sp³-hybridized carbons (Fsp3) is 0.500. The molecule has 0 bridgehead atoms. The Kier molecular flexibility index (Phi) is 4.40. The zero-order chi connectivity index (χ0) is 14.2. The molecule has 6 nitrogen and oxygen atoms in total. The molecule has 1 heterocycles. The van der Waals surface area contributed by atoms with Gasteiger partial charge in [0.1, 0.15) is 0 Å². The first-order chi connectivity index (χ1) is 7.95. The summed E-state index contributed by atoms with van der Waals surface area (Å²) in [5.41, 5.74) is 2.97. The highest BCUT2D eigenvalue weighted by Crippen LogP contribution is 2.29. The summed E-state index contributed by atoms with van der Waals surface area (Å²) in [7, 11) is -12.6. The molecule has 18 heavy (non-hydrogen) atoms. The number of hydrogen-bond donors (Lipinski definition) is 2. The normalized spacial score (nSPS) is 50.1. The van der Waals surface area contributed by atoms with Gasteiger partial charge in [-0.3, -0.25) is 0 Å². The molecule has 0 unspecified atom stereocenters. The predicted molar refractivity (Wildman–Crippen MR) is 75.6 cm³/mol. The van der Waals surface area contributed by atoms with E-state index in [4.69, 9.17) is 16.5 Å². The van der Waals surface area contributed by atoms with Gasteiger partial charge in [-0.1, -0.05) is 11.4 Å². The van der Waals surface area contributed by atoms with Crippen LogP contribution in [0.5, 0.6) is 0 Å². The van der Waals surface area contributed by atoms with Crippen LogP contribution in [-0.2, 0) is 16.5 Å². The molecule has 1 aliphatic heterocycles. The van der Waals surface area contributed by atoms with Crippen LogP contribution < -0.4 is 0 Å². The van der Waals surface area contributed by atoms with Gasteiger partial charge in [-0.25, -0.2) is 0 Å². The van der Waals surface area contributed by atoms with Crippen LogP contribution in [-0.4, -0.2) is 44.3 Å². The Labute approximate surface area is 112 Å². The van der Waals surface area contributed by atoms with Gasteiger partial charge in [0.05, 0.1) is 0 Å². The highest BCUT2D eigenvalue weighted by Gasteiger charge is 2.56. The van der Waals surface area contributed by atoms with Crippen molar-refractivity contribution in [3.8, 4) is 0 Å². The summed E-state index contributed by atoms with van der Waals surface area (Å²) in [5, 5.41) is 0. The second kappa shape index (κ2) is 4.90. The first kappa shape index (κ1) is 16.2. The molecule has 10 heteroatoms. The molecule has 1 aliphatic rings. The van der Waals surface area contributed by atoms with Gasteiger partial charge in [0.15, 0.2) is 0 Å². The highest BCUT2D eigenvalue weighted by molar-refractivity contribution is 6.93. The Morgan fingerprint density at radius 2 is 0.944 bits per heavy atom. The molecule has 1 fully saturated rings. The van der Waals surface area contributed by atoms with Crippen molar-refractivity contribution in [2.45, 2.75) is 26.2 Å². The maximum Gasteiger partial charge on any atom is 0.477 e.